The van der Waals surface area contributed by atoms with Gasteiger partial charge < -0.3 is 5.32 Å². The number of hydrogen-bond donors (Lipinski definition) is 1. The van der Waals surface area contributed by atoms with E-state index in [1.54, 1.807) is 12.4 Å². The van der Waals surface area contributed by atoms with Crippen LogP contribution in [0, 0.1) is 0 Å². The summed E-state index contributed by atoms with van der Waals surface area (Å²) in [6.07, 6.45) is 3.42. The molecular formula is C14H15N5. The van der Waals surface area contributed by atoms with E-state index in [4.69, 9.17) is 0 Å². The number of aromatic nitrogens is 2. The molecule has 0 unspecified atom stereocenters. The molecule has 2 aromatic heterocycles. The van der Waals surface area contributed by atoms with Crippen LogP contribution in [0.1, 0.15) is 13.8 Å². The van der Waals surface area contributed by atoms with Crippen LogP contribution in [0.25, 0.3) is 0 Å². The number of amidine groups is 2. The van der Waals surface area contributed by atoms with Gasteiger partial charge in [0.15, 0.2) is 11.6 Å². The largest absolute Gasteiger partial charge is 0.332 e. The molecule has 5 nitrogen and oxygen atoms in total. The maximum atomic E-state index is 4.33. The Hall–Kier alpha value is -2.56. The van der Waals surface area contributed by atoms with Gasteiger partial charge in [-0.25, -0.2) is 20.0 Å². The second kappa shape index (κ2) is 6.39. The van der Waals surface area contributed by atoms with Gasteiger partial charge in [0.2, 0.25) is 0 Å². The lowest BCUT2D eigenvalue weighted by atomic mass is 10.4. The summed E-state index contributed by atoms with van der Waals surface area (Å²) in [5, 5.41) is 3.10. The van der Waals surface area contributed by atoms with Gasteiger partial charge in [-0.05, 0) is 38.1 Å². The first-order chi connectivity index (χ1) is 9.24. The Morgan fingerprint density at radius 3 is 1.68 bits per heavy atom. The first kappa shape index (κ1) is 12.9. The summed E-state index contributed by atoms with van der Waals surface area (Å²) in [7, 11) is 0. The number of nitrogens with one attached hydrogen (secondary N) is 1. The summed E-state index contributed by atoms with van der Waals surface area (Å²) < 4.78 is 0. The van der Waals surface area contributed by atoms with E-state index in [9.17, 15) is 0 Å². The van der Waals surface area contributed by atoms with Crippen molar-refractivity contribution in [1.82, 2.24) is 15.3 Å². The fourth-order valence-corrected chi connectivity index (χ4v) is 1.50. The molecule has 2 aromatic rings. The Kier molecular flexibility index (Phi) is 4.34. The van der Waals surface area contributed by atoms with Gasteiger partial charge in [0.05, 0.1) is 0 Å². The van der Waals surface area contributed by atoms with E-state index < -0.39 is 0 Å². The van der Waals surface area contributed by atoms with E-state index in [-0.39, 0.29) is 0 Å². The summed E-state index contributed by atoms with van der Waals surface area (Å²) in [5.74, 6) is 2.79. The number of nitrogens with zero attached hydrogens (tertiary/aromatic N) is 4. The lowest BCUT2D eigenvalue weighted by molar-refractivity contribution is 1.20. The molecule has 0 bridgehead atoms. The van der Waals surface area contributed by atoms with Crippen molar-refractivity contribution in [3.05, 3.63) is 48.8 Å². The molecule has 0 aliphatic rings. The zero-order valence-corrected chi connectivity index (χ0v) is 10.9. The Balaban J connectivity index is 2.05. The van der Waals surface area contributed by atoms with Crippen molar-refractivity contribution in [2.24, 2.45) is 9.98 Å². The number of aliphatic imine (C=N–C) groups is 2. The highest BCUT2D eigenvalue weighted by atomic mass is 15.1. The highest BCUT2D eigenvalue weighted by Crippen LogP contribution is 2.06. The van der Waals surface area contributed by atoms with Gasteiger partial charge in [0, 0.05) is 12.4 Å². The predicted octanol–water partition coefficient (Wildman–Crippen LogP) is 2.87. The molecule has 2 heterocycles. The highest BCUT2D eigenvalue weighted by Gasteiger charge is 1.96. The SMILES string of the molecule is CC(=Nc1ccccn1)NC(C)=Nc1ccccn1. The molecule has 0 aliphatic heterocycles. The molecule has 0 spiro atoms. The first-order valence-corrected chi connectivity index (χ1v) is 5.94. The minimum atomic E-state index is 0.665. The van der Waals surface area contributed by atoms with Gasteiger partial charge in [-0.15, -0.1) is 0 Å². The Labute approximate surface area is 112 Å². The average molecular weight is 253 g/mol. The lowest BCUT2D eigenvalue weighted by Crippen LogP contribution is -2.25. The van der Waals surface area contributed by atoms with Crippen LogP contribution in [0.5, 0.6) is 0 Å². The van der Waals surface area contributed by atoms with E-state index in [0.29, 0.717) is 11.6 Å². The highest BCUT2D eigenvalue weighted by molar-refractivity contribution is 6.00. The first-order valence-electron chi connectivity index (χ1n) is 5.94. The van der Waals surface area contributed by atoms with Crippen molar-refractivity contribution in [3.63, 3.8) is 0 Å². The van der Waals surface area contributed by atoms with Gasteiger partial charge in [-0.1, -0.05) is 12.1 Å². The molecule has 0 fully saturated rings. The van der Waals surface area contributed by atoms with Crippen LogP contribution in [0.4, 0.5) is 11.6 Å². The maximum absolute atomic E-state index is 4.33. The number of hydrogen-bond acceptors (Lipinski definition) is 4. The molecule has 5 heteroatoms. The normalized spacial score (nSPS) is 12.3. The van der Waals surface area contributed by atoms with Crippen LogP contribution in [0.3, 0.4) is 0 Å². The monoisotopic (exact) mass is 253 g/mol. The zero-order valence-electron chi connectivity index (χ0n) is 10.9. The van der Waals surface area contributed by atoms with Crippen molar-refractivity contribution in [1.29, 1.82) is 0 Å². The van der Waals surface area contributed by atoms with Gasteiger partial charge in [-0.3, -0.25) is 0 Å². The molecular weight excluding hydrogens is 238 g/mol. The van der Waals surface area contributed by atoms with Gasteiger partial charge in [-0.2, -0.15) is 0 Å². The van der Waals surface area contributed by atoms with Crippen molar-refractivity contribution in [2.45, 2.75) is 13.8 Å². The van der Waals surface area contributed by atoms with E-state index in [1.165, 1.54) is 0 Å². The fraction of sp³-hybridized carbons (Fsp3) is 0.143. The number of rotatable bonds is 2. The second-order valence-corrected chi connectivity index (χ2v) is 3.90. The molecule has 1 N–H and O–H groups in total. The molecule has 0 amide bonds. The number of pyridine rings is 2. The standard InChI is InChI=1S/C14H15N5/c1-11(18-13-7-3-5-9-15-13)17-12(2)19-14-8-4-6-10-16-14/h3-10H,1-2H3,(H,15,16,17,18,19). The van der Waals surface area contributed by atoms with Crippen molar-refractivity contribution >= 4 is 23.3 Å². The fourth-order valence-electron chi connectivity index (χ4n) is 1.50. The van der Waals surface area contributed by atoms with E-state index in [2.05, 4.69) is 25.3 Å². The molecule has 19 heavy (non-hydrogen) atoms. The smallest absolute Gasteiger partial charge is 0.153 e. The molecule has 0 saturated carbocycles. The Morgan fingerprint density at radius 1 is 0.842 bits per heavy atom. The van der Waals surface area contributed by atoms with Crippen molar-refractivity contribution in [3.8, 4) is 0 Å². The van der Waals surface area contributed by atoms with Gasteiger partial charge in [0.25, 0.3) is 0 Å². The third kappa shape index (κ3) is 4.31. The van der Waals surface area contributed by atoms with E-state index >= 15 is 0 Å². The summed E-state index contributed by atoms with van der Waals surface area (Å²) >= 11 is 0. The summed E-state index contributed by atoms with van der Waals surface area (Å²) in [4.78, 5) is 16.9. The van der Waals surface area contributed by atoms with Crippen molar-refractivity contribution in [2.75, 3.05) is 0 Å². The van der Waals surface area contributed by atoms with Crippen LogP contribution in [0.2, 0.25) is 0 Å². The summed E-state index contributed by atoms with van der Waals surface area (Å²) in [6, 6.07) is 11.2. The molecule has 0 atom stereocenters. The average Bonchev–Trinajstić information content (AvgIpc) is 2.40. The molecule has 2 rings (SSSR count). The maximum Gasteiger partial charge on any atom is 0.153 e. The second-order valence-electron chi connectivity index (χ2n) is 3.90. The molecule has 0 aliphatic carbocycles. The zero-order chi connectivity index (χ0) is 13.5. The Bertz CT molecular complexity index is 522. The van der Waals surface area contributed by atoms with Gasteiger partial charge >= 0.3 is 0 Å². The van der Waals surface area contributed by atoms with Crippen LogP contribution in [-0.2, 0) is 0 Å². The molecule has 0 aromatic carbocycles. The lowest BCUT2D eigenvalue weighted by Gasteiger charge is -2.04. The molecule has 0 radical (unpaired) electrons. The van der Waals surface area contributed by atoms with Crippen LogP contribution in [0.15, 0.2) is 58.8 Å². The van der Waals surface area contributed by atoms with Crippen molar-refractivity contribution < 1.29 is 0 Å². The predicted molar refractivity (Wildman–Crippen MR) is 77.1 cm³/mol. The Morgan fingerprint density at radius 2 is 1.32 bits per heavy atom. The third-order valence-electron chi connectivity index (χ3n) is 2.22. The quantitative estimate of drug-likeness (QED) is 0.661. The van der Waals surface area contributed by atoms with Crippen LogP contribution >= 0.6 is 0 Å². The van der Waals surface area contributed by atoms with E-state index in [0.717, 1.165) is 11.7 Å². The molecule has 0 saturated heterocycles. The third-order valence-corrected chi connectivity index (χ3v) is 2.22. The van der Waals surface area contributed by atoms with Crippen LogP contribution in [-0.4, -0.2) is 21.6 Å². The van der Waals surface area contributed by atoms with Crippen LogP contribution < -0.4 is 5.32 Å². The molecule has 96 valence electrons. The van der Waals surface area contributed by atoms with E-state index in [1.807, 2.05) is 50.2 Å². The minimum Gasteiger partial charge on any atom is -0.332 e. The minimum absolute atomic E-state index is 0.665. The summed E-state index contributed by atoms with van der Waals surface area (Å²) in [6.45, 7) is 3.73. The summed E-state index contributed by atoms with van der Waals surface area (Å²) in [5.41, 5.74) is 0. The van der Waals surface area contributed by atoms with Gasteiger partial charge in [0.1, 0.15) is 11.7 Å². The topological polar surface area (TPSA) is 62.5 Å².